The molecule has 0 spiro atoms. The summed E-state index contributed by atoms with van der Waals surface area (Å²) >= 11 is 0. The molecule has 0 bridgehead atoms. The molecule has 2 aromatic heterocycles. The van der Waals surface area contributed by atoms with E-state index >= 15 is 0 Å². The molecule has 2 N–H and O–H groups in total. The standard InChI is InChI=1S/C22H24N6O4/c1-2-28-19-16(4-3-9-23-19)26-20(21(28)29)27-10-7-14(8-11-27)24-22(30)25-15-5-6-17-18(12-15)32-13-31-17/h3-6,9,12,14H,2,7-8,10-11,13H2,1H3,(H2,24,25,30). The smallest absolute Gasteiger partial charge is 0.319 e. The minimum Gasteiger partial charge on any atom is -0.454 e. The van der Waals surface area contributed by atoms with Crippen molar-refractivity contribution in [3.05, 3.63) is 46.9 Å². The number of hydrogen-bond acceptors (Lipinski definition) is 7. The topological polar surface area (TPSA) is 111 Å². The van der Waals surface area contributed by atoms with Gasteiger partial charge in [-0.15, -0.1) is 0 Å². The van der Waals surface area contributed by atoms with Crippen LogP contribution in [0.3, 0.4) is 0 Å². The molecule has 0 atom stereocenters. The number of urea groups is 1. The largest absolute Gasteiger partial charge is 0.454 e. The second-order valence-corrected chi connectivity index (χ2v) is 7.76. The van der Waals surface area contributed by atoms with E-state index in [0.717, 1.165) is 0 Å². The number of amides is 2. The molecule has 2 aliphatic rings. The number of carbonyl (C=O) groups is 1. The van der Waals surface area contributed by atoms with Gasteiger partial charge in [-0.1, -0.05) is 0 Å². The van der Waals surface area contributed by atoms with Crippen LogP contribution < -0.4 is 30.6 Å². The molecule has 4 heterocycles. The summed E-state index contributed by atoms with van der Waals surface area (Å²) in [5.41, 5.74) is 1.80. The molecule has 1 fully saturated rings. The minimum absolute atomic E-state index is 0.00999. The number of aryl methyl sites for hydroxylation is 1. The number of nitrogens with zero attached hydrogens (tertiary/aromatic N) is 4. The fraction of sp³-hybridized carbons (Fsp3) is 0.364. The summed E-state index contributed by atoms with van der Waals surface area (Å²) in [6.07, 6.45) is 3.10. The molecule has 32 heavy (non-hydrogen) atoms. The predicted molar refractivity (Wildman–Crippen MR) is 119 cm³/mol. The van der Waals surface area contributed by atoms with E-state index in [1.807, 2.05) is 24.0 Å². The third-order valence-electron chi connectivity index (χ3n) is 5.76. The lowest BCUT2D eigenvalue weighted by Crippen LogP contribution is -2.47. The van der Waals surface area contributed by atoms with Crippen molar-refractivity contribution in [3.8, 4) is 11.5 Å². The van der Waals surface area contributed by atoms with Crippen LogP contribution in [0.2, 0.25) is 0 Å². The zero-order valence-corrected chi connectivity index (χ0v) is 17.7. The Labute approximate surface area is 184 Å². The van der Waals surface area contributed by atoms with E-state index in [1.54, 1.807) is 29.0 Å². The summed E-state index contributed by atoms with van der Waals surface area (Å²) in [5.74, 6) is 1.73. The lowest BCUT2D eigenvalue weighted by atomic mass is 10.1. The molecular weight excluding hydrogens is 412 g/mol. The van der Waals surface area contributed by atoms with Crippen LogP contribution >= 0.6 is 0 Å². The normalized spacial score (nSPS) is 15.7. The van der Waals surface area contributed by atoms with E-state index in [-0.39, 0.29) is 24.4 Å². The Morgan fingerprint density at radius 2 is 2.00 bits per heavy atom. The van der Waals surface area contributed by atoms with Crippen LogP contribution in [0, 0.1) is 0 Å². The quantitative estimate of drug-likeness (QED) is 0.646. The van der Waals surface area contributed by atoms with E-state index in [9.17, 15) is 9.59 Å². The second kappa shape index (κ2) is 8.37. The van der Waals surface area contributed by atoms with E-state index in [1.165, 1.54) is 0 Å². The first kappa shape index (κ1) is 20.1. The molecule has 2 amide bonds. The van der Waals surface area contributed by atoms with Crippen molar-refractivity contribution in [1.82, 2.24) is 19.9 Å². The Balaban J connectivity index is 1.22. The van der Waals surface area contributed by atoms with Crippen LogP contribution in [0.25, 0.3) is 11.2 Å². The van der Waals surface area contributed by atoms with Crippen LogP contribution in [0.5, 0.6) is 11.5 Å². The van der Waals surface area contributed by atoms with Crippen molar-refractivity contribution in [2.45, 2.75) is 32.4 Å². The van der Waals surface area contributed by atoms with Crippen LogP contribution in [0.15, 0.2) is 41.3 Å². The first-order valence-electron chi connectivity index (χ1n) is 10.7. The summed E-state index contributed by atoms with van der Waals surface area (Å²) in [5, 5.41) is 5.85. The average molecular weight is 436 g/mol. The molecular formula is C22H24N6O4. The maximum atomic E-state index is 13.0. The molecule has 0 saturated carbocycles. The van der Waals surface area contributed by atoms with Crippen LogP contribution in [0.1, 0.15) is 19.8 Å². The SMILES string of the molecule is CCn1c(=O)c(N2CCC(NC(=O)Nc3ccc4c(c3)OCO4)CC2)nc2cccnc21. The molecule has 0 unspecified atom stereocenters. The molecule has 1 saturated heterocycles. The number of anilines is 2. The van der Waals surface area contributed by atoms with Crippen molar-refractivity contribution in [2.75, 3.05) is 30.1 Å². The maximum Gasteiger partial charge on any atom is 0.319 e. The number of fused-ring (bicyclic) bond motifs is 2. The average Bonchev–Trinajstić information content (AvgIpc) is 3.27. The zero-order chi connectivity index (χ0) is 22.1. The van der Waals surface area contributed by atoms with Gasteiger partial charge < -0.3 is 25.0 Å². The van der Waals surface area contributed by atoms with Gasteiger partial charge in [-0.2, -0.15) is 0 Å². The van der Waals surface area contributed by atoms with Crippen molar-refractivity contribution >= 4 is 28.7 Å². The van der Waals surface area contributed by atoms with Gasteiger partial charge in [-0.3, -0.25) is 9.36 Å². The second-order valence-electron chi connectivity index (χ2n) is 7.76. The van der Waals surface area contributed by atoms with E-state index in [4.69, 9.17) is 9.47 Å². The highest BCUT2D eigenvalue weighted by molar-refractivity contribution is 5.90. The molecule has 5 rings (SSSR count). The third kappa shape index (κ3) is 3.79. The zero-order valence-electron chi connectivity index (χ0n) is 17.7. The molecule has 0 radical (unpaired) electrons. The lowest BCUT2D eigenvalue weighted by molar-refractivity contribution is 0.174. The first-order valence-corrected chi connectivity index (χ1v) is 10.7. The molecule has 1 aromatic carbocycles. The number of hydrogen-bond donors (Lipinski definition) is 2. The number of nitrogens with one attached hydrogen (secondary N) is 2. The number of ether oxygens (including phenoxy) is 2. The highest BCUT2D eigenvalue weighted by atomic mass is 16.7. The molecule has 3 aromatic rings. The van der Waals surface area contributed by atoms with E-state index in [2.05, 4.69) is 20.6 Å². The van der Waals surface area contributed by atoms with E-state index < -0.39 is 0 Å². The summed E-state index contributed by atoms with van der Waals surface area (Å²) in [6, 6.07) is 8.70. The highest BCUT2D eigenvalue weighted by Gasteiger charge is 2.25. The van der Waals surface area contributed by atoms with Gasteiger partial charge in [-0.25, -0.2) is 14.8 Å². The Kier molecular flexibility index (Phi) is 5.26. The number of benzene rings is 1. The van der Waals surface area contributed by atoms with Gasteiger partial charge in [0.05, 0.1) is 0 Å². The van der Waals surface area contributed by atoms with Crippen molar-refractivity contribution in [3.63, 3.8) is 0 Å². The number of carbonyl (C=O) groups excluding carboxylic acids is 1. The predicted octanol–water partition coefficient (Wildman–Crippen LogP) is 2.33. The summed E-state index contributed by atoms with van der Waals surface area (Å²) in [6.45, 7) is 3.91. The summed E-state index contributed by atoms with van der Waals surface area (Å²) < 4.78 is 12.3. The van der Waals surface area contributed by atoms with Crippen molar-refractivity contribution in [2.24, 2.45) is 0 Å². The Morgan fingerprint density at radius 1 is 1.19 bits per heavy atom. The molecule has 0 aliphatic carbocycles. The molecule has 2 aliphatic heterocycles. The van der Waals surface area contributed by atoms with Crippen molar-refractivity contribution < 1.29 is 14.3 Å². The van der Waals surface area contributed by atoms with Gasteiger partial charge in [0.1, 0.15) is 5.52 Å². The van der Waals surface area contributed by atoms with Gasteiger partial charge in [0.2, 0.25) is 6.79 Å². The molecule has 10 heteroatoms. The number of pyridine rings is 1. The van der Waals surface area contributed by atoms with Crippen LogP contribution in [-0.4, -0.2) is 46.5 Å². The lowest BCUT2D eigenvalue weighted by Gasteiger charge is -2.33. The van der Waals surface area contributed by atoms with Gasteiger partial charge >= 0.3 is 6.03 Å². The van der Waals surface area contributed by atoms with Crippen molar-refractivity contribution in [1.29, 1.82) is 0 Å². The fourth-order valence-corrected chi connectivity index (χ4v) is 4.12. The van der Waals surface area contributed by atoms with Crippen LogP contribution in [-0.2, 0) is 6.54 Å². The van der Waals surface area contributed by atoms with Gasteiger partial charge in [0, 0.05) is 43.6 Å². The minimum atomic E-state index is -0.273. The fourth-order valence-electron chi connectivity index (χ4n) is 4.12. The van der Waals surface area contributed by atoms with Crippen LogP contribution in [0.4, 0.5) is 16.3 Å². The molecule has 10 nitrogen and oxygen atoms in total. The monoisotopic (exact) mass is 436 g/mol. The van der Waals surface area contributed by atoms with Gasteiger partial charge in [0.15, 0.2) is 23.0 Å². The third-order valence-corrected chi connectivity index (χ3v) is 5.76. The number of rotatable bonds is 4. The number of piperidine rings is 1. The van der Waals surface area contributed by atoms with E-state index in [0.29, 0.717) is 66.6 Å². The number of aromatic nitrogens is 3. The highest BCUT2D eigenvalue weighted by Crippen LogP contribution is 2.34. The van der Waals surface area contributed by atoms with Gasteiger partial charge in [-0.05, 0) is 44.0 Å². The Bertz CT molecular complexity index is 1220. The summed E-state index contributed by atoms with van der Waals surface area (Å²) in [4.78, 5) is 36.3. The summed E-state index contributed by atoms with van der Waals surface area (Å²) in [7, 11) is 0. The first-order chi connectivity index (χ1) is 15.6. The molecule has 166 valence electrons. The maximum absolute atomic E-state index is 13.0. The Hall–Kier alpha value is -3.82. The Morgan fingerprint density at radius 3 is 2.81 bits per heavy atom. The van der Waals surface area contributed by atoms with Gasteiger partial charge in [0.25, 0.3) is 5.56 Å².